The van der Waals surface area contributed by atoms with Crippen molar-refractivity contribution < 1.29 is 26.4 Å². The van der Waals surface area contributed by atoms with E-state index in [0.717, 1.165) is 18.2 Å². The minimum atomic E-state index is -3.80. The second kappa shape index (κ2) is 8.15. The number of likely N-dealkylation sites (tertiary alicyclic amines) is 1. The second-order valence-electron chi connectivity index (χ2n) is 5.79. The first kappa shape index (κ1) is 19.7. The molecule has 140 valence electrons. The molecule has 0 atom stereocenters. The van der Waals surface area contributed by atoms with Crippen molar-refractivity contribution in [3.8, 4) is 0 Å². The van der Waals surface area contributed by atoms with Gasteiger partial charge in [-0.1, -0.05) is 0 Å². The van der Waals surface area contributed by atoms with Gasteiger partial charge in [0.15, 0.2) is 0 Å². The van der Waals surface area contributed by atoms with Gasteiger partial charge in [0.25, 0.3) is 12.3 Å². The summed E-state index contributed by atoms with van der Waals surface area (Å²) in [6, 6.07) is 2.69. The standard InChI is InChI=1S/C15H20F3N3O3S/c1-19-25(23,24)11-2-3-13(16)12(8-11)15(22)20-10-4-6-21(7-5-10)9-14(17)18/h2-3,8,10,14,19H,4-7,9H2,1H3,(H,20,22). The maximum absolute atomic E-state index is 13.9. The average Bonchev–Trinajstić information content (AvgIpc) is 2.56. The Hall–Kier alpha value is -1.65. The van der Waals surface area contributed by atoms with Crippen molar-refractivity contribution in [1.29, 1.82) is 0 Å². The molecule has 6 nitrogen and oxygen atoms in total. The zero-order valence-corrected chi connectivity index (χ0v) is 14.5. The van der Waals surface area contributed by atoms with Crippen molar-refractivity contribution in [3.63, 3.8) is 0 Å². The van der Waals surface area contributed by atoms with Crippen LogP contribution in [0.4, 0.5) is 13.2 Å². The van der Waals surface area contributed by atoms with Crippen molar-refractivity contribution >= 4 is 15.9 Å². The van der Waals surface area contributed by atoms with Crippen LogP contribution in [0.2, 0.25) is 0 Å². The van der Waals surface area contributed by atoms with E-state index in [4.69, 9.17) is 0 Å². The molecule has 2 N–H and O–H groups in total. The molecule has 1 aromatic carbocycles. The van der Waals surface area contributed by atoms with E-state index in [1.165, 1.54) is 7.05 Å². The highest BCUT2D eigenvalue weighted by Crippen LogP contribution is 2.17. The molecule has 10 heteroatoms. The molecule has 0 aliphatic carbocycles. The molecule has 0 unspecified atom stereocenters. The number of hydrogen-bond donors (Lipinski definition) is 2. The van der Waals surface area contributed by atoms with E-state index in [9.17, 15) is 26.4 Å². The molecule has 2 rings (SSSR count). The van der Waals surface area contributed by atoms with Crippen LogP contribution in [0, 0.1) is 5.82 Å². The average molecular weight is 379 g/mol. The highest BCUT2D eigenvalue weighted by Gasteiger charge is 2.24. The summed E-state index contributed by atoms with van der Waals surface area (Å²) in [6.07, 6.45) is -1.47. The largest absolute Gasteiger partial charge is 0.349 e. The fraction of sp³-hybridized carbons (Fsp3) is 0.533. The Morgan fingerprint density at radius 1 is 1.32 bits per heavy atom. The molecule has 0 bridgehead atoms. The van der Waals surface area contributed by atoms with Gasteiger partial charge in [-0.15, -0.1) is 0 Å². The minimum absolute atomic E-state index is 0.215. The van der Waals surface area contributed by atoms with E-state index in [1.807, 2.05) is 0 Å². The number of rotatable bonds is 6. The summed E-state index contributed by atoms with van der Waals surface area (Å²) in [5.41, 5.74) is -0.369. The van der Waals surface area contributed by atoms with Crippen molar-refractivity contribution in [1.82, 2.24) is 14.9 Å². The quantitative estimate of drug-likeness (QED) is 0.778. The molecule has 0 aromatic heterocycles. The number of sulfonamides is 1. The highest BCUT2D eigenvalue weighted by atomic mass is 32.2. The molecule has 0 spiro atoms. The zero-order chi connectivity index (χ0) is 18.6. The number of amides is 1. The Balaban J connectivity index is 2.03. The monoisotopic (exact) mass is 379 g/mol. The maximum atomic E-state index is 13.9. The molecule has 1 aliphatic heterocycles. The van der Waals surface area contributed by atoms with Gasteiger partial charge >= 0.3 is 0 Å². The lowest BCUT2D eigenvalue weighted by Crippen LogP contribution is -2.45. The topological polar surface area (TPSA) is 78.5 Å². The first-order chi connectivity index (χ1) is 11.7. The fourth-order valence-electron chi connectivity index (χ4n) is 2.68. The van der Waals surface area contributed by atoms with Crippen LogP contribution >= 0.6 is 0 Å². The molecule has 1 aromatic rings. The first-order valence-electron chi connectivity index (χ1n) is 7.77. The van der Waals surface area contributed by atoms with Gasteiger partial charge in [-0.2, -0.15) is 0 Å². The number of hydrogen-bond acceptors (Lipinski definition) is 4. The summed E-state index contributed by atoms with van der Waals surface area (Å²) in [4.78, 5) is 13.7. The summed E-state index contributed by atoms with van der Waals surface area (Å²) in [6.45, 7) is 0.511. The molecule has 1 saturated heterocycles. The summed E-state index contributed by atoms with van der Waals surface area (Å²) in [5.74, 6) is -1.55. The summed E-state index contributed by atoms with van der Waals surface area (Å²) >= 11 is 0. The van der Waals surface area contributed by atoms with E-state index in [0.29, 0.717) is 25.9 Å². The van der Waals surface area contributed by atoms with Gasteiger partial charge in [0.1, 0.15) is 5.82 Å². The Morgan fingerprint density at radius 3 is 2.52 bits per heavy atom. The number of carbonyl (C=O) groups is 1. The predicted octanol–water partition coefficient (Wildman–Crippen LogP) is 1.19. The third-order valence-electron chi connectivity index (χ3n) is 4.08. The van der Waals surface area contributed by atoms with Crippen LogP contribution in [-0.2, 0) is 10.0 Å². The number of halogens is 3. The molecular weight excluding hydrogens is 359 g/mol. The molecule has 1 fully saturated rings. The molecule has 0 saturated carbocycles. The van der Waals surface area contributed by atoms with Crippen molar-refractivity contribution in [2.75, 3.05) is 26.7 Å². The van der Waals surface area contributed by atoms with Gasteiger partial charge in [-0.3, -0.25) is 9.69 Å². The SMILES string of the molecule is CNS(=O)(=O)c1ccc(F)c(C(=O)NC2CCN(CC(F)F)CC2)c1. The Labute approximate surface area is 144 Å². The zero-order valence-electron chi connectivity index (χ0n) is 13.6. The maximum Gasteiger partial charge on any atom is 0.254 e. The smallest absolute Gasteiger partial charge is 0.254 e. The number of nitrogens with one attached hydrogen (secondary N) is 2. The van der Waals surface area contributed by atoms with Crippen molar-refractivity contribution in [2.24, 2.45) is 0 Å². The normalized spacial score (nSPS) is 17.0. The van der Waals surface area contributed by atoms with E-state index in [2.05, 4.69) is 10.0 Å². The van der Waals surface area contributed by atoms with Crippen LogP contribution < -0.4 is 10.0 Å². The van der Waals surface area contributed by atoms with Crippen LogP contribution in [0.15, 0.2) is 23.1 Å². The Morgan fingerprint density at radius 2 is 1.96 bits per heavy atom. The predicted molar refractivity (Wildman–Crippen MR) is 85.6 cm³/mol. The molecule has 0 radical (unpaired) electrons. The number of carbonyl (C=O) groups excluding carboxylic acids is 1. The number of alkyl halides is 2. The molecular formula is C15H20F3N3O3S. The molecule has 1 aliphatic rings. The van der Waals surface area contributed by atoms with Crippen molar-refractivity contribution in [2.45, 2.75) is 30.2 Å². The fourth-order valence-corrected chi connectivity index (χ4v) is 3.44. The Bertz CT molecular complexity index is 720. The van der Waals surface area contributed by atoms with Gasteiger partial charge in [0.05, 0.1) is 17.0 Å². The number of benzene rings is 1. The van der Waals surface area contributed by atoms with Gasteiger partial charge in [0, 0.05) is 19.1 Å². The van der Waals surface area contributed by atoms with Gasteiger partial charge < -0.3 is 5.32 Å². The third-order valence-corrected chi connectivity index (χ3v) is 5.49. The number of nitrogens with zero attached hydrogens (tertiary/aromatic N) is 1. The van der Waals surface area contributed by atoms with Gasteiger partial charge in [0.2, 0.25) is 10.0 Å². The third kappa shape index (κ3) is 5.16. The lowest BCUT2D eigenvalue weighted by Gasteiger charge is -2.32. The molecule has 25 heavy (non-hydrogen) atoms. The van der Waals surface area contributed by atoms with Crippen LogP contribution in [0.5, 0.6) is 0 Å². The number of piperidine rings is 1. The lowest BCUT2D eigenvalue weighted by atomic mass is 10.0. The van der Waals surface area contributed by atoms with Crippen molar-refractivity contribution in [3.05, 3.63) is 29.6 Å². The van der Waals surface area contributed by atoms with E-state index in [-0.39, 0.29) is 23.0 Å². The van der Waals surface area contributed by atoms with Crippen LogP contribution in [0.3, 0.4) is 0 Å². The minimum Gasteiger partial charge on any atom is -0.349 e. The van der Waals surface area contributed by atoms with E-state index < -0.39 is 28.2 Å². The lowest BCUT2D eigenvalue weighted by molar-refractivity contribution is 0.0695. The van der Waals surface area contributed by atoms with E-state index >= 15 is 0 Å². The van der Waals surface area contributed by atoms with Crippen LogP contribution in [-0.4, -0.2) is 58.4 Å². The molecule has 1 heterocycles. The summed E-state index contributed by atoms with van der Waals surface area (Å²) in [5, 5.41) is 2.64. The second-order valence-corrected chi connectivity index (χ2v) is 7.68. The molecule has 1 amide bonds. The van der Waals surface area contributed by atoms with Gasteiger partial charge in [-0.05, 0) is 38.1 Å². The van der Waals surface area contributed by atoms with Gasteiger partial charge in [-0.25, -0.2) is 26.3 Å². The highest BCUT2D eigenvalue weighted by molar-refractivity contribution is 7.89. The summed E-state index contributed by atoms with van der Waals surface area (Å²) in [7, 11) is -2.58. The Kier molecular flexibility index (Phi) is 6.42. The van der Waals surface area contributed by atoms with Crippen LogP contribution in [0.25, 0.3) is 0 Å². The summed E-state index contributed by atoms with van der Waals surface area (Å²) < 4.78 is 64.2. The van der Waals surface area contributed by atoms with Crippen LogP contribution in [0.1, 0.15) is 23.2 Å². The first-order valence-corrected chi connectivity index (χ1v) is 9.25. The van der Waals surface area contributed by atoms with E-state index in [1.54, 1.807) is 4.90 Å².